The summed E-state index contributed by atoms with van der Waals surface area (Å²) < 4.78 is 12.1. The van der Waals surface area contributed by atoms with E-state index in [4.69, 9.17) is 9.15 Å². The van der Waals surface area contributed by atoms with Gasteiger partial charge in [0.05, 0.1) is 23.1 Å². The van der Waals surface area contributed by atoms with Gasteiger partial charge >= 0.3 is 0 Å². The molecule has 5 rings (SSSR count). The molecule has 0 N–H and O–H groups in total. The fraction of sp³-hybridized carbons (Fsp3) is 0.355. The Balaban J connectivity index is 1.62. The van der Waals surface area contributed by atoms with E-state index in [-0.39, 0.29) is 23.2 Å². The lowest BCUT2D eigenvalue weighted by Crippen LogP contribution is -2.33. The van der Waals surface area contributed by atoms with Crippen molar-refractivity contribution in [3.8, 4) is 5.75 Å². The highest BCUT2D eigenvalue weighted by atomic mass is 16.5. The van der Waals surface area contributed by atoms with Crippen LogP contribution in [0.4, 0.5) is 0 Å². The number of ether oxygens (including phenoxy) is 1. The molecule has 1 aliphatic rings. The molecule has 192 valence electrons. The zero-order valence-corrected chi connectivity index (χ0v) is 22.0. The van der Waals surface area contributed by atoms with Gasteiger partial charge in [0.1, 0.15) is 11.3 Å². The first kappa shape index (κ1) is 25.0. The maximum Gasteiger partial charge on any atom is 0.290 e. The van der Waals surface area contributed by atoms with Gasteiger partial charge in [0.25, 0.3) is 5.91 Å². The van der Waals surface area contributed by atoms with E-state index < -0.39 is 6.04 Å². The predicted octanol–water partition coefficient (Wildman–Crippen LogP) is 6.01. The summed E-state index contributed by atoms with van der Waals surface area (Å²) in [5.74, 6) is 0.687. The van der Waals surface area contributed by atoms with Gasteiger partial charge in [0.2, 0.25) is 5.76 Å². The van der Waals surface area contributed by atoms with Gasteiger partial charge in [-0.25, -0.2) is 0 Å². The number of nitrogens with zero attached hydrogens (tertiary/aromatic N) is 2. The van der Waals surface area contributed by atoms with Crippen molar-refractivity contribution >= 4 is 27.6 Å². The molecule has 1 atom stereocenters. The van der Waals surface area contributed by atoms with Crippen LogP contribution in [-0.2, 0) is 0 Å². The molecule has 1 aromatic heterocycles. The van der Waals surface area contributed by atoms with E-state index in [9.17, 15) is 9.59 Å². The summed E-state index contributed by atoms with van der Waals surface area (Å²) in [5, 5.41) is 2.30. The van der Waals surface area contributed by atoms with E-state index in [0.717, 1.165) is 48.1 Å². The van der Waals surface area contributed by atoms with E-state index in [1.165, 1.54) is 0 Å². The molecular formula is C31H34N2O4. The average molecular weight is 499 g/mol. The molecule has 4 aromatic rings. The Hall–Kier alpha value is -3.64. The molecular weight excluding hydrogens is 464 g/mol. The summed E-state index contributed by atoms with van der Waals surface area (Å²) in [6.45, 7) is 11.6. The van der Waals surface area contributed by atoms with Gasteiger partial charge in [-0.05, 0) is 69.1 Å². The Morgan fingerprint density at radius 2 is 1.68 bits per heavy atom. The van der Waals surface area contributed by atoms with E-state index in [1.807, 2.05) is 74.5 Å². The summed E-state index contributed by atoms with van der Waals surface area (Å²) in [7, 11) is 0. The van der Waals surface area contributed by atoms with E-state index >= 15 is 0 Å². The van der Waals surface area contributed by atoms with Crippen LogP contribution in [0.3, 0.4) is 0 Å². The molecule has 6 nitrogen and oxygen atoms in total. The first-order valence-electron chi connectivity index (χ1n) is 13.2. The first-order chi connectivity index (χ1) is 17.9. The fourth-order valence-electron chi connectivity index (χ4n) is 5.33. The van der Waals surface area contributed by atoms with Crippen molar-refractivity contribution in [2.75, 3.05) is 26.2 Å². The maximum absolute atomic E-state index is 14.0. The van der Waals surface area contributed by atoms with E-state index in [2.05, 4.69) is 18.7 Å². The number of hydrogen-bond acceptors (Lipinski definition) is 5. The highest BCUT2D eigenvalue weighted by Gasteiger charge is 2.42. The second-order valence-electron chi connectivity index (χ2n) is 9.85. The molecule has 0 saturated carbocycles. The average Bonchev–Trinajstić information content (AvgIpc) is 3.18. The number of fused-ring (bicyclic) bond motifs is 4. The molecule has 0 fully saturated rings. The largest absolute Gasteiger partial charge is 0.491 e. The van der Waals surface area contributed by atoms with Crippen molar-refractivity contribution < 1.29 is 13.9 Å². The number of amides is 1. The summed E-state index contributed by atoms with van der Waals surface area (Å²) in [6.07, 6.45) is 0.868. The fourth-order valence-corrected chi connectivity index (χ4v) is 5.33. The first-order valence-corrected chi connectivity index (χ1v) is 13.2. The van der Waals surface area contributed by atoms with Crippen molar-refractivity contribution in [2.24, 2.45) is 0 Å². The van der Waals surface area contributed by atoms with Crippen LogP contribution in [0.5, 0.6) is 5.75 Å². The third kappa shape index (κ3) is 4.62. The zero-order valence-electron chi connectivity index (χ0n) is 22.0. The highest BCUT2D eigenvalue weighted by molar-refractivity contribution is 6.06. The number of carbonyl (C=O) groups is 1. The number of carbonyl (C=O) groups excluding carboxylic acids is 1. The van der Waals surface area contributed by atoms with Gasteiger partial charge in [-0.3, -0.25) is 9.59 Å². The van der Waals surface area contributed by atoms with Crippen LogP contribution in [0, 0.1) is 0 Å². The van der Waals surface area contributed by atoms with Crippen molar-refractivity contribution in [3.63, 3.8) is 0 Å². The Bertz CT molecular complexity index is 1490. The summed E-state index contributed by atoms with van der Waals surface area (Å²) in [5.41, 5.74) is 1.63. The van der Waals surface area contributed by atoms with Gasteiger partial charge in [0, 0.05) is 11.9 Å². The lowest BCUT2D eigenvalue weighted by Gasteiger charge is -2.27. The molecule has 1 unspecified atom stereocenters. The van der Waals surface area contributed by atoms with Crippen LogP contribution in [0.2, 0.25) is 0 Å². The molecule has 1 amide bonds. The topological polar surface area (TPSA) is 63.0 Å². The Labute approximate surface area is 217 Å². The van der Waals surface area contributed by atoms with Crippen LogP contribution in [0.1, 0.15) is 61.8 Å². The van der Waals surface area contributed by atoms with Crippen molar-refractivity contribution in [1.82, 2.24) is 9.80 Å². The SMILES string of the molecule is CCN(CC)CCCN1C(=O)c2oc3c(ccc4ccccc43)c(=O)c2C1c1ccc(OC(C)C)cc1. The predicted molar refractivity (Wildman–Crippen MR) is 147 cm³/mol. The van der Waals surface area contributed by atoms with Crippen molar-refractivity contribution in [1.29, 1.82) is 0 Å². The smallest absolute Gasteiger partial charge is 0.290 e. The van der Waals surface area contributed by atoms with E-state index in [0.29, 0.717) is 23.1 Å². The molecule has 6 heteroatoms. The Kier molecular flexibility index (Phi) is 7.02. The van der Waals surface area contributed by atoms with Crippen LogP contribution in [0.25, 0.3) is 21.7 Å². The van der Waals surface area contributed by atoms with Crippen molar-refractivity contribution in [2.45, 2.75) is 46.3 Å². The minimum absolute atomic E-state index is 0.0597. The number of rotatable bonds is 9. The maximum atomic E-state index is 14.0. The Morgan fingerprint density at radius 1 is 0.946 bits per heavy atom. The zero-order chi connectivity index (χ0) is 26.1. The third-order valence-electron chi connectivity index (χ3n) is 7.19. The number of benzene rings is 3. The molecule has 1 aliphatic heterocycles. The molecule has 0 spiro atoms. The standard InChI is InChI=1S/C31H34N2O4/c1-5-32(6-2)18-9-19-33-27(22-12-15-23(16-13-22)36-20(3)4)26-28(34)25-17-14-21-10-7-8-11-24(21)29(25)37-30(26)31(33)35/h7-8,10-17,20,27H,5-6,9,18-19H2,1-4H3. The summed E-state index contributed by atoms with van der Waals surface area (Å²) in [6, 6.07) is 18.7. The molecule has 2 heterocycles. The second kappa shape index (κ2) is 10.4. The van der Waals surface area contributed by atoms with Gasteiger partial charge in [-0.15, -0.1) is 0 Å². The highest BCUT2D eigenvalue weighted by Crippen LogP contribution is 2.39. The van der Waals surface area contributed by atoms with Gasteiger partial charge in [-0.1, -0.05) is 56.3 Å². The Morgan fingerprint density at radius 3 is 2.38 bits per heavy atom. The van der Waals surface area contributed by atoms with Crippen LogP contribution < -0.4 is 10.2 Å². The van der Waals surface area contributed by atoms with Crippen molar-refractivity contribution in [3.05, 3.63) is 87.8 Å². The van der Waals surface area contributed by atoms with Crippen LogP contribution in [0.15, 0.2) is 69.9 Å². The van der Waals surface area contributed by atoms with Gasteiger partial charge < -0.3 is 19.0 Å². The monoisotopic (exact) mass is 498 g/mol. The quantitative estimate of drug-likeness (QED) is 0.265. The van der Waals surface area contributed by atoms with Gasteiger partial charge in [0.15, 0.2) is 5.43 Å². The van der Waals surface area contributed by atoms with E-state index in [1.54, 1.807) is 4.90 Å². The third-order valence-corrected chi connectivity index (χ3v) is 7.19. The van der Waals surface area contributed by atoms with Crippen LogP contribution >= 0.6 is 0 Å². The normalized spacial score (nSPS) is 15.4. The summed E-state index contributed by atoms with van der Waals surface area (Å²) in [4.78, 5) is 31.9. The molecule has 0 radical (unpaired) electrons. The lowest BCUT2D eigenvalue weighted by molar-refractivity contribution is 0.0720. The molecule has 37 heavy (non-hydrogen) atoms. The van der Waals surface area contributed by atoms with Crippen LogP contribution in [-0.4, -0.2) is 48.0 Å². The molecule has 3 aromatic carbocycles. The minimum atomic E-state index is -0.501. The second-order valence-corrected chi connectivity index (χ2v) is 9.85. The number of hydrogen-bond donors (Lipinski definition) is 0. The molecule has 0 aliphatic carbocycles. The molecule has 0 saturated heterocycles. The molecule has 0 bridgehead atoms. The minimum Gasteiger partial charge on any atom is -0.491 e. The summed E-state index contributed by atoms with van der Waals surface area (Å²) >= 11 is 0. The van der Waals surface area contributed by atoms with Gasteiger partial charge in [-0.2, -0.15) is 0 Å². The lowest BCUT2D eigenvalue weighted by atomic mass is 9.97.